The number of nitrogens with one attached hydrogen (secondary N) is 2. The molecule has 1 amide bonds. The van der Waals surface area contributed by atoms with Crippen LogP contribution < -0.4 is 5.32 Å². The SMILES string of the molecule is CCc1cccc2c(C(CC(=O)NCCN3CCOCC3)c3ccccc3)c[nH]c12. The molecule has 4 rings (SSSR count). The molecule has 1 unspecified atom stereocenters. The first-order valence-electron chi connectivity index (χ1n) is 11.0. The van der Waals surface area contributed by atoms with Crippen molar-refractivity contribution in [3.63, 3.8) is 0 Å². The molecule has 1 aliphatic heterocycles. The van der Waals surface area contributed by atoms with Crippen molar-refractivity contribution in [2.24, 2.45) is 0 Å². The number of morpholine rings is 1. The third-order valence-electron chi connectivity index (χ3n) is 6.04. The Morgan fingerprint density at radius 2 is 1.93 bits per heavy atom. The summed E-state index contributed by atoms with van der Waals surface area (Å²) in [6, 6.07) is 16.8. The number of ether oxygens (including phenoxy) is 1. The number of rotatable bonds is 8. The molecule has 1 aliphatic rings. The summed E-state index contributed by atoms with van der Waals surface area (Å²) in [6.45, 7) is 7.17. The summed E-state index contributed by atoms with van der Waals surface area (Å²) < 4.78 is 5.39. The molecule has 1 aromatic heterocycles. The highest BCUT2D eigenvalue weighted by molar-refractivity contribution is 5.88. The lowest BCUT2D eigenvalue weighted by molar-refractivity contribution is -0.121. The minimum atomic E-state index is 0.0236. The second-order valence-corrected chi connectivity index (χ2v) is 7.91. The Balaban J connectivity index is 1.50. The zero-order chi connectivity index (χ0) is 20.8. The quantitative estimate of drug-likeness (QED) is 0.601. The molecule has 1 atom stereocenters. The van der Waals surface area contributed by atoms with E-state index >= 15 is 0 Å². The van der Waals surface area contributed by atoms with Crippen LogP contribution in [0, 0.1) is 0 Å². The summed E-state index contributed by atoms with van der Waals surface area (Å²) in [5.41, 5.74) is 4.85. The highest BCUT2D eigenvalue weighted by atomic mass is 16.5. The minimum Gasteiger partial charge on any atom is -0.379 e. The second kappa shape index (κ2) is 9.92. The average molecular weight is 406 g/mol. The first-order chi connectivity index (χ1) is 14.8. The molecule has 5 nitrogen and oxygen atoms in total. The van der Waals surface area contributed by atoms with Gasteiger partial charge >= 0.3 is 0 Å². The molecule has 1 saturated heterocycles. The molecule has 5 heteroatoms. The van der Waals surface area contributed by atoms with E-state index in [9.17, 15) is 4.79 Å². The van der Waals surface area contributed by atoms with Crippen LogP contribution in [0.25, 0.3) is 10.9 Å². The summed E-state index contributed by atoms with van der Waals surface area (Å²) in [5, 5.41) is 4.34. The van der Waals surface area contributed by atoms with E-state index in [0.717, 1.165) is 39.3 Å². The van der Waals surface area contributed by atoms with Crippen LogP contribution in [0.3, 0.4) is 0 Å². The van der Waals surface area contributed by atoms with Gasteiger partial charge in [0, 0.05) is 55.6 Å². The lowest BCUT2D eigenvalue weighted by atomic mass is 9.87. The van der Waals surface area contributed by atoms with Gasteiger partial charge in [0.25, 0.3) is 0 Å². The van der Waals surface area contributed by atoms with Crippen molar-refractivity contribution in [1.29, 1.82) is 0 Å². The zero-order valence-corrected chi connectivity index (χ0v) is 17.7. The molecule has 0 aliphatic carbocycles. The average Bonchev–Trinajstić information content (AvgIpc) is 3.23. The van der Waals surface area contributed by atoms with Gasteiger partial charge in [0.15, 0.2) is 0 Å². The largest absolute Gasteiger partial charge is 0.379 e. The Bertz CT molecular complexity index is 961. The van der Waals surface area contributed by atoms with E-state index in [1.807, 2.05) is 18.2 Å². The fraction of sp³-hybridized carbons (Fsp3) is 0.400. The van der Waals surface area contributed by atoms with Crippen molar-refractivity contribution in [2.75, 3.05) is 39.4 Å². The minimum absolute atomic E-state index is 0.0236. The maximum Gasteiger partial charge on any atom is 0.220 e. The number of benzene rings is 2. The summed E-state index contributed by atoms with van der Waals surface area (Å²) in [4.78, 5) is 18.7. The first kappa shape index (κ1) is 20.6. The van der Waals surface area contributed by atoms with Crippen molar-refractivity contribution in [2.45, 2.75) is 25.7 Å². The van der Waals surface area contributed by atoms with Gasteiger partial charge in [-0.15, -0.1) is 0 Å². The van der Waals surface area contributed by atoms with E-state index in [-0.39, 0.29) is 11.8 Å². The highest BCUT2D eigenvalue weighted by Gasteiger charge is 2.22. The van der Waals surface area contributed by atoms with Gasteiger partial charge in [-0.1, -0.05) is 55.5 Å². The van der Waals surface area contributed by atoms with E-state index in [1.54, 1.807) is 0 Å². The van der Waals surface area contributed by atoms with E-state index in [4.69, 9.17) is 4.74 Å². The predicted octanol–water partition coefficient (Wildman–Crippen LogP) is 3.70. The molecule has 0 spiro atoms. The third kappa shape index (κ3) is 4.74. The molecule has 3 aromatic rings. The maximum absolute atomic E-state index is 12.9. The van der Waals surface area contributed by atoms with Gasteiger partial charge in [0.2, 0.25) is 5.91 Å². The number of aromatic nitrogens is 1. The van der Waals surface area contributed by atoms with Crippen molar-refractivity contribution in [3.8, 4) is 0 Å². The van der Waals surface area contributed by atoms with Gasteiger partial charge in [-0.2, -0.15) is 0 Å². The number of hydrogen-bond acceptors (Lipinski definition) is 3. The van der Waals surface area contributed by atoms with Gasteiger partial charge in [-0.25, -0.2) is 0 Å². The Hall–Kier alpha value is -2.63. The van der Waals surface area contributed by atoms with E-state index in [2.05, 4.69) is 58.7 Å². The van der Waals surface area contributed by atoms with Crippen molar-refractivity contribution in [3.05, 3.63) is 71.4 Å². The van der Waals surface area contributed by atoms with Crippen LogP contribution in [0.4, 0.5) is 0 Å². The van der Waals surface area contributed by atoms with Crippen molar-refractivity contribution >= 4 is 16.8 Å². The fourth-order valence-corrected chi connectivity index (χ4v) is 4.35. The number of carbonyl (C=O) groups is 1. The van der Waals surface area contributed by atoms with Crippen LogP contribution in [0.2, 0.25) is 0 Å². The second-order valence-electron chi connectivity index (χ2n) is 7.91. The third-order valence-corrected chi connectivity index (χ3v) is 6.04. The Labute approximate surface area is 178 Å². The Morgan fingerprint density at radius 1 is 1.13 bits per heavy atom. The first-order valence-corrected chi connectivity index (χ1v) is 11.0. The fourth-order valence-electron chi connectivity index (χ4n) is 4.35. The van der Waals surface area contributed by atoms with Gasteiger partial charge in [0.05, 0.1) is 13.2 Å². The molecule has 0 saturated carbocycles. The number of amides is 1. The van der Waals surface area contributed by atoms with E-state index in [0.29, 0.717) is 13.0 Å². The van der Waals surface area contributed by atoms with Crippen LogP contribution >= 0.6 is 0 Å². The summed E-state index contributed by atoms with van der Waals surface area (Å²) >= 11 is 0. The number of hydrogen-bond donors (Lipinski definition) is 2. The lowest BCUT2D eigenvalue weighted by Crippen LogP contribution is -2.41. The number of fused-ring (bicyclic) bond motifs is 1. The molecule has 0 radical (unpaired) electrons. The van der Waals surface area contributed by atoms with Gasteiger partial charge < -0.3 is 15.0 Å². The molecule has 2 N–H and O–H groups in total. The molecule has 2 aromatic carbocycles. The molecular weight excluding hydrogens is 374 g/mol. The van der Waals surface area contributed by atoms with Crippen LogP contribution in [0.1, 0.15) is 36.0 Å². The molecule has 1 fully saturated rings. The highest BCUT2D eigenvalue weighted by Crippen LogP contribution is 2.34. The predicted molar refractivity (Wildman–Crippen MR) is 121 cm³/mol. The van der Waals surface area contributed by atoms with Gasteiger partial charge in [-0.3, -0.25) is 9.69 Å². The molecule has 30 heavy (non-hydrogen) atoms. The number of para-hydroxylation sites is 1. The topological polar surface area (TPSA) is 57.4 Å². The van der Waals surface area contributed by atoms with Crippen LogP contribution in [0.15, 0.2) is 54.7 Å². The van der Waals surface area contributed by atoms with Crippen LogP contribution in [0.5, 0.6) is 0 Å². The van der Waals surface area contributed by atoms with E-state index in [1.165, 1.54) is 27.6 Å². The molecule has 2 heterocycles. The van der Waals surface area contributed by atoms with Crippen molar-refractivity contribution in [1.82, 2.24) is 15.2 Å². The Morgan fingerprint density at radius 3 is 2.70 bits per heavy atom. The molecular formula is C25H31N3O2. The number of aromatic amines is 1. The summed E-state index contributed by atoms with van der Waals surface area (Å²) in [7, 11) is 0. The lowest BCUT2D eigenvalue weighted by Gasteiger charge is -2.26. The maximum atomic E-state index is 12.9. The number of H-pyrrole nitrogens is 1. The van der Waals surface area contributed by atoms with Crippen molar-refractivity contribution < 1.29 is 9.53 Å². The molecule has 0 bridgehead atoms. The van der Waals surface area contributed by atoms with Gasteiger partial charge in [-0.05, 0) is 23.1 Å². The monoisotopic (exact) mass is 405 g/mol. The van der Waals surface area contributed by atoms with Gasteiger partial charge in [0.1, 0.15) is 0 Å². The number of carbonyl (C=O) groups excluding carboxylic acids is 1. The van der Waals surface area contributed by atoms with Crippen LogP contribution in [-0.4, -0.2) is 55.2 Å². The summed E-state index contributed by atoms with van der Waals surface area (Å²) in [5.74, 6) is 0.119. The normalized spacial score (nSPS) is 15.9. The number of aryl methyl sites for hydroxylation is 1. The zero-order valence-electron chi connectivity index (χ0n) is 17.7. The summed E-state index contributed by atoms with van der Waals surface area (Å²) in [6.07, 6.45) is 3.51. The Kier molecular flexibility index (Phi) is 6.82. The molecule has 158 valence electrons. The smallest absolute Gasteiger partial charge is 0.220 e. The van der Waals surface area contributed by atoms with E-state index < -0.39 is 0 Å². The van der Waals surface area contributed by atoms with Crippen LogP contribution in [-0.2, 0) is 16.0 Å². The standard InChI is InChI=1S/C25H31N3O2/c1-2-19-9-6-10-21-23(18-27-25(19)21)22(20-7-4-3-5-8-20)17-24(29)26-11-12-28-13-15-30-16-14-28/h3-10,18,22,27H,2,11-17H2,1H3,(H,26,29). The number of nitrogens with zero attached hydrogens (tertiary/aromatic N) is 1.